The van der Waals surface area contributed by atoms with Gasteiger partial charge >= 0.3 is 0 Å². The molecule has 0 spiro atoms. The zero-order chi connectivity index (χ0) is 6.97. The topological polar surface area (TPSA) is 38.9 Å². The fourth-order valence-electron chi connectivity index (χ4n) is 1.13. The Kier molecular flexibility index (Phi) is 1.22. The second-order valence-electron chi connectivity index (χ2n) is 2.81. The summed E-state index contributed by atoms with van der Waals surface area (Å²) in [6.45, 7) is 1.85. The molecule has 0 saturated heterocycles. The third-order valence-electron chi connectivity index (χ3n) is 2.00. The van der Waals surface area contributed by atoms with E-state index in [0.717, 1.165) is 11.7 Å². The highest BCUT2D eigenvalue weighted by Crippen LogP contribution is 2.34. The van der Waals surface area contributed by atoms with Crippen molar-refractivity contribution in [2.75, 3.05) is 0 Å². The predicted octanol–water partition coefficient (Wildman–Crippen LogP) is 1.65. The summed E-state index contributed by atoms with van der Waals surface area (Å²) in [4.78, 5) is 4.15. The Balaban J connectivity index is 2.17. The summed E-state index contributed by atoms with van der Waals surface area (Å²) in [5, 5.41) is 3.73. The minimum Gasteiger partial charge on any atom is -0.339 e. The van der Waals surface area contributed by atoms with Crippen LogP contribution in [0.3, 0.4) is 0 Å². The first-order chi connectivity index (χ1) is 4.86. The van der Waals surface area contributed by atoms with Crippen LogP contribution in [0.25, 0.3) is 0 Å². The molecule has 0 aromatic carbocycles. The predicted molar refractivity (Wildman–Crippen MR) is 35.6 cm³/mol. The minimum atomic E-state index is 0.571. The molecule has 3 nitrogen and oxygen atoms in total. The van der Waals surface area contributed by atoms with Crippen LogP contribution in [0.4, 0.5) is 0 Å². The lowest BCUT2D eigenvalue weighted by Gasteiger charge is -2.20. The van der Waals surface area contributed by atoms with Gasteiger partial charge in [-0.1, -0.05) is 11.6 Å². The van der Waals surface area contributed by atoms with Crippen molar-refractivity contribution in [1.29, 1.82) is 0 Å². The van der Waals surface area contributed by atoms with Crippen LogP contribution in [-0.4, -0.2) is 10.1 Å². The summed E-state index contributed by atoms with van der Waals surface area (Å²) in [6.07, 6.45) is 3.76. The molecule has 1 aliphatic carbocycles. The van der Waals surface area contributed by atoms with E-state index in [1.165, 1.54) is 19.3 Å². The largest absolute Gasteiger partial charge is 0.339 e. The van der Waals surface area contributed by atoms with Crippen LogP contribution >= 0.6 is 0 Å². The number of nitrogens with zero attached hydrogens (tertiary/aromatic N) is 2. The van der Waals surface area contributed by atoms with Crippen molar-refractivity contribution in [2.24, 2.45) is 0 Å². The molecule has 1 aromatic heterocycles. The maximum Gasteiger partial charge on any atom is 0.229 e. The maximum atomic E-state index is 5.01. The third kappa shape index (κ3) is 0.818. The zero-order valence-electron chi connectivity index (χ0n) is 6.00. The van der Waals surface area contributed by atoms with Gasteiger partial charge < -0.3 is 4.52 Å². The minimum absolute atomic E-state index is 0.571. The molecule has 1 heterocycles. The molecule has 10 heavy (non-hydrogen) atoms. The van der Waals surface area contributed by atoms with Crippen LogP contribution < -0.4 is 0 Å². The van der Waals surface area contributed by atoms with Crippen molar-refractivity contribution < 1.29 is 4.52 Å². The van der Waals surface area contributed by atoms with Gasteiger partial charge in [0.25, 0.3) is 0 Å². The summed E-state index contributed by atoms with van der Waals surface area (Å²) >= 11 is 0. The van der Waals surface area contributed by atoms with Gasteiger partial charge in [0.05, 0.1) is 0 Å². The molecule has 0 amide bonds. The molecule has 0 bridgehead atoms. The first-order valence-electron chi connectivity index (χ1n) is 3.66. The van der Waals surface area contributed by atoms with Crippen molar-refractivity contribution in [2.45, 2.75) is 32.1 Å². The molecule has 0 unspecified atom stereocenters. The lowest BCUT2D eigenvalue weighted by Crippen LogP contribution is -2.08. The molecule has 1 fully saturated rings. The molecule has 54 valence electrons. The van der Waals surface area contributed by atoms with Crippen LogP contribution in [0.2, 0.25) is 0 Å². The van der Waals surface area contributed by atoms with Crippen LogP contribution in [-0.2, 0) is 0 Å². The van der Waals surface area contributed by atoms with E-state index in [4.69, 9.17) is 4.52 Å². The smallest absolute Gasteiger partial charge is 0.229 e. The lowest BCUT2D eigenvalue weighted by atomic mass is 9.85. The van der Waals surface area contributed by atoms with E-state index >= 15 is 0 Å². The van der Waals surface area contributed by atoms with E-state index in [2.05, 4.69) is 10.1 Å². The lowest BCUT2D eigenvalue weighted by molar-refractivity contribution is 0.291. The highest BCUT2D eigenvalue weighted by Gasteiger charge is 2.24. The molecule has 0 N–H and O–H groups in total. The number of rotatable bonds is 1. The summed E-state index contributed by atoms with van der Waals surface area (Å²) in [7, 11) is 0. The van der Waals surface area contributed by atoms with Gasteiger partial charge in [-0.3, -0.25) is 0 Å². The van der Waals surface area contributed by atoms with E-state index in [1.807, 2.05) is 6.92 Å². The monoisotopic (exact) mass is 138 g/mol. The second kappa shape index (κ2) is 2.08. The van der Waals surface area contributed by atoms with Crippen LogP contribution in [0.1, 0.15) is 36.9 Å². The first-order valence-corrected chi connectivity index (χ1v) is 3.66. The van der Waals surface area contributed by atoms with Gasteiger partial charge in [-0.2, -0.15) is 4.98 Å². The van der Waals surface area contributed by atoms with E-state index < -0.39 is 0 Å². The fourth-order valence-corrected chi connectivity index (χ4v) is 1.13. The average molecular weight is 138 g/mol. The van der Waals surface area contributed by atoms with Crippen molar-refractivity contribution in [3.05, 3.63) is 11.7 Å². The number of hydrogen-bond acceptors (Lipinski definition) is 3. The second-order valence-corrected chi connectivity index (χ2v) is 2.81. The van der Waals surface area contributed by atoms with Crippen molar-refractivity contribution in [1.82, 2.24) is 10.1 Å². The summed E-state index contributed by atoms with van der Waals surface area (Å²) < 4.78 is 5.01. The molecule has 3 heteroatoms. The van der Waals surface area contributed by atoms with Gasteiger partial charge in [0.2, 0.25) is 5.89 Å². The quantitative estimate of drug-likeness (QED) is 0.592. The van der Waals surface area contributed by atoms with Gasteiger partial charge in [0, 0.05) is 5.92 Å². The summed E-state index contributed by atoms with van der Waals surface area (Å²) in [5.74, 6) is 2.16. The van der Waals surface area contributed by atoms with Crippen molar-refractivity contribution in [3.8, 4) is 0 Å². The summed E-state index contributed by atoms with van der Waals surface area (Å²) in [5.41, 5.74) is 0. The average Bonchev–Trinajstić information content (AvgIpc) is 2.10. The number of hydrogen-bond donors (Lipinski definition) is 0. The Bertz CT molecular complexity index is 227. The number of aryl methyl sites for hydroxylation is 1. The normalized spacial score (nSPS) is 18.9. The molecule has 0 radical (unpaired) electrons. The van der Waals surface area contributed by atoms with E-state index in [1.54, 1.807) is 0 Å². The Morgan fingerprint density at radius 1 is 1.50 bits per heavy atom. The van der Waals surface area contributed by atoms with Crippen LogP contribution in [0.15, 0.2) is 4.52 Å². The highest BCUT2D eigenvalue weighted by atomic mass is 16.5. The van der Waals surface area contributed by atoms with E-state index in [9.17, 15) is 0 Å². The van der Waals surface area contributed by atoms with E-state index in [-0.39, 0.29) is 0 Å². The molecule has 0 atom stereocenters. The Hall–Kier alpha value is -0.860. The molecule has 1 aromatic rings. The molecule has 1 aliphatic rings. The molecule has 0 aliphatic heterocycles. The van der Waals surface area contributed by atoms with Gasteiger partial charge in [-0.05, 0) is 19.8 Å². The molecule has 1 saturated carbocycles. The van der Waals surface area contributed by atoms with Gasteiger partial charge in [-0.15, -0.1) is 0 Å². The Morgan fingerprint density at radius 3 is 2.70 bits per heavy atom. The van der Waals surface area contributed by atoms with Crippen molar-refractivity contribution >= 4 is 0 Å². The number of aromatic nitrogens is 2. The first kappa shape index (κ1) is 5.89. The third-order valence-corrected chi connectivity index (χ3v) is 2.00. The molecular formula is C7H10N2O. The Labute approximate surface area is 59.4 Å². The van der Waals surface area contributed by atoms with Gasteiger partial charge in [0.1, 0.15) is 0 Å². The standard InChI is InChI=1S/C7H10N2O/c1-5-8-7(10-9-5)6-3-2-4-6/h6H,2-4H2,1H3. The fraction of sp³-hybridized carbons (Fsp3) is 0.714. The van der Waals surface area contributed by atoms with Crippen LogP contribution in [0.5, 0.6) is 0 Å². The van der Waals surface area contributed by atoms with Crippen LogP contribution in [0, 0.1) is 6.92 Å². The van der Waals surface area contributed by atoms with Gasteiger partial charge in [0.15, 0.2) is 5.82 Å². The SMILES string of the molecule is Cc1noc(C2CCC2)n1. The van der Waals surface area contributed by atoms with Crippen molar-refractivity contribution in [3.63, 3.8) is 0 Å². The zero-order valence-corrected chi connectivity index (χ0v) is 6.00. The summed E-state index contributed by atoms with van der Waals surface area (Å²) in [6, 6.07) is 0. The van der Waals surface area contributed by atoms with E-state index in [0.29, 0.717) is 5.92 Å². The molecular weight excluding hydrogens is 128 g/mol. The maximum absolute atomic E-state index is 5.01. The molecule has 2 rings (SSSR count). The van der Waals surface area contributed by atoms with Gasteiger partial charge in [-0.25, -0.2) is 0 Å². The highest BCUT2D eigenvalue weighted by molar-refractivity contribution is 4.96. The Morgan fingerprint density at radius 2 is 2.30 bits per heavy atom.